The Balaban J connectivity index is 1.86. The highest BCUT2D eigenvalue weighted by molar-refractivity contribution is 7.76. The second-order valence-electron chi connectivity index (χ2n) is 17.8. The highest BCUT2D eigenvalue weighted by Crippen LogP contribution is 2.35. The van der Waals surface area contributed by atoms with Crippen molar-refractivity contribution in [2.24, 2.45) is 35.0 Å². The Morgan fingerprint density at radius 1 is 0.907 bits per heavy atom. The van der Waals surface area contributed by atoms with Gasteiger partial charge in [0.05, 0.1) is 18.6 Å². The molecule has 3 rings (SSSR count). The molecule has 6 unspecified atom stereocenters. The van der Waals surface area contributed by atoms with Crippen LogP contribution in [-0.2, 0) is 34.7 Å². The molecule has 1 heterocycles. The molecule has 0 bridgehead atoms. The first-order valence-corrected chi connectivity index (χ1v) is 21.7. The summed E-state index contributed by atoms with van der Waals surface area (Å²) < 4.78 is 23.8. The summed E-state index contributed by atoms with van der Waals surface area (Å²) in [6.07, 6.45) is 8.97. The van der Waals surface area contributed by atoms with Gasteiger partial charge in [0.25, 0.3) is 17.2 Å². The highest BCUT2D eigenvalue weighted by atomic mass is 32.2. The van der Waals surface area contributed by atoms with Crippen molar-refractivity contribution < 1.29 is 32.7 Å². The molecule has 14 nitrogen and oxygen atoms in total. The lowest BCUT2D eigenvalue weighted by atomic mass is 9.80. The Bertz CT molecular complexity index is 1280. The zero-order chi connectivity index (χ0) is 40.2. The van der Waals surface area contributed by atoms with Crippen LogP contribution in [0.4, 0.5) is 4.79 Å². The first kappa shape index (κ1) is 45.8. The van der Waals surface area contributed by atoms with Crippen molar-refractivity contribution in [2.45, 2.75) is 143 Å². The minimum absolute atomic E-state index is 0.0553. The van der Waals surface area contributed by atoms with Gasteiger partial charge in [-0.2, -0.15) is 4.55 Å². The summed E-state index contributed by atoms with van der Waals surface area (Å²) in [5.74, 6) is -1.98. The second kappa shape index (κ2) is 21.6. The maximum atomic E-state index is 14.8. The van der Waals surface area contributed by atoms with E-state index in [4.69, 9.17) is 0 Å². The van der Waals surface area contributed by atoms with E-state index in [9.17, 15) is 32.7 Å². The SMILES string of the molecule is CNCCCN(CC(NC(=O)NC(C(=O)N1CCC(C(C)C)C1C(=O)NC(CC1CCC1)C(=O)C(=O)NCC(C)C)C1CCCCC1)C(C)(C)C)[SH+](=O)O. The molecule has 6 N–H and O–H groups in total. The predicted octanol–water partition coefficient (Wildman–Crippen LogP) is 3.53. The third-order valence-electron chi connectivity index (χ3n) is 11.7. The van der Waals surface area contributed by atoms with E-state index in [-0.39, 0.29) is 42.0 Å². The number of likely N-dealkylation sites (tertiary alicyclic amines) is 1. The second-order valence-corrected chi connectivity index (χ2v) is 18.8. The molecule has 0 aromatic heterocycles. The van der Waals surface area contributed by atoms with E-state index in [2.05, 4.69) is 26.6 Å². The topological polar surface area (TPSA) is 189 Å². The summed E-state index contributed by atoms with van der Waals surface area (Å²) in [5, 5.41) is 14.7. The minimum atomic E-state index is -2.63. The Morgan fingerprint density at radius 3 is 2.11 bits per heavy atom. The van der Waals surface area contributed by atoms with Crippen molar-refractivity contribution in [2.75, 3.05) is 39.8 Å². The van der Waals surface area contributed by atoms with Gasteiger partial charge in [-0.1, -0.05) is 91.3 Å². The molecule has 5 amide bonds. The monoisotopic (exact) mass is 783 g/mol. The maximum absolute atomic E-state index is 14.8. The zero-order valence-corrected chi connectivity index (χ0v) is 35.1. The number of rotatable bonds is 20. The van der Waals surface area contributed by atoms with Crippen molar-refractivity contribution >= 4 is 40.8 Å². The third kappa shape index (κ3) is 13.5. The number of carbonyl (C=O) groups is 5. The van der Waals surface area contributed by atoms with Crippen LogP contribution in [0.2, 0.25) is 0 Å². The number of hydrogen-bond acceptors (Lipinski definition) is 7. The molecular formula is C39H72N7O7S+. The molecule has 0 aromatic rings. The first-order valence-electron chi connectivity index (χ1n) is 20.5. The van der Waals surface area contributed by atoms with Gasteiger partial charge in [-0.15, -0.1) is 0 Å². The van der Waals surface area contributed by atoms with Crippen molar-refractivity contribution in [3.63, 3.8) is 0 Å². The van der Waals surface area contributed by atoms with E-state index in [0.717, 1.165) is 51.4 Å². The van der Waals surface area contributed by atoms with Crippen molar-refractivity contribution in [1.82, 2.24) is 35.8 Å². The number of thiol groups is 1. The standard InChI is InChI=1S/C39H71N7O7S/c1-25(2)23-41-36(49)34(47)30(22-27-14-12-15-27)42-35(48)33-29(26(3)4)18-21-46(33)37(50)32(28-16-10-9-11-17-28)44-38(51)43-31(39(5,6)7)24-45(54(52)53)20-13-19-40-8/h25-33,40H,9-24H2,1-8H3,(H,41,49)(H,42,48)(H,52,53)(H2,43,44,51)/p+1. The lowest BCUT2D eigenvalue weighted by Crippen LogP contribution is -2.61. The van der Waals surface area contributed by atoms with Crippen LogP contribution in [0.3, 0.4) is 0 Å². The summed E-state index contributed by atoms with van der Waals surface area (Å²) in [7, 11) is 1.82. The summed E-state index contributed by atoms with van der Waals surface area (Å²) in [5.41, 5.74) is -0.476. The van der Waals surface area contributed by atoms with E-state index in [1.807, 2.05) is 55.5 Å². The van der Waals surface area contributed by atoms with E-state index < -0.39 is 64.5 Å². The van der Waals surface area contributed by atoms with Gasteiger partial charge in [-0.05, 0) is 84.9 Å². The van der Waals surface area contributed by atoms with Crippen LogP contribution in [0.1, 0.15) is 119 Å². The van der Waals surface area contributed by atoms with Gasteiger partial charge in [0.2, 0.25) is 17.6 Å². The van der Waals surface area contributed by atoms with Crippen LogP contribution < -0.4 is 26.6 Å². The first-order chi connectivity index (χ1) is 25.4. The number of ketones is 1. The van der Waals surface area contributed by atoms with Crippen LogP contribution >= 0.6 is 0 Å². The molecule has 0 radical (unpaired) electrons. The smallest absolute Gasteiger partial charge is 0.315 e. The Kier molecular flexibility index (Phi) is 18.3. The minimum Gasteiger partial charge on any atom is -0.349 e. The third-order valence-corrected chi connectivity index (χ3v) is 12.5. The average molecular weight is 783 g/mol. The van der Waals surface area contributed by atoms with Crippen molar-refractivity contribution in [3.8, 4) is 0 Å². The van der Waals surface area contributed by atoms with E-state index in [1.165, 1.54) is 4.31 Å². The van der Waals surface area contributed by atoms with Crippen LogP contribution in [0.25, 0.3) is 0 Å². The van der Waals surface area contributed by atoms with E-state index in [0.29, 0.717) is 45.4 Å². The van der Waals surface area contributed by atoms with Crippen LogP contribution in [0, 0.1) is 35.0 Å². The van der Waals surface area contributed by atoms with Crippen LogP contribution in [0.15, 0.2) is 0 Å². The van der Waals surface area contributed by atoms with Gasteiger partial charge in [-0.25, -0.2) is 4.79 Å². The summed E-state index contributed by atoms with van der Waals surface area (Å²) in [6, 6.07) is -3.79. The molecule has 3 aliphatic rings. The number of Topliss-reactive ketones (excluding diaryl/α,β-unsaturated/α-hetero) is 1. The number of nitrogens with one attached hydrogen (secondary N) is 5. The molecule has 54 heavy (non-hydrogen) atoms. The molecule has 2 aliphatic carbocycles. The average Bonchev–Trinajstić information content (AvgIpc) is 3.55. The fraction of sp³-hybridized carbons (Fsp3) is 0.872. The number of carbonyl (C=O) groups excluding carboxylic acids is 5. The molecule has 6 atom stereocenters. The Labute approximate surface area is 326 Å². The highest BCUT2D eigenvalue weighted by Gasteiger charge is 2.47. The van der Waals surface area contributed by atoms with Gasteiger partial charge in [0.15, 0.2) is 0 Å². The van der Waals surface area contributed by atoms with Gasteiger partial charge >= 0.3 is 6.03 Å². The van der Waals surface area contributed by atoms with Gasteiger partial charge < -0.3 is 31.5 Å². The molecule has 0 spiro atoms. The van der Waals surface area contributed by atoms with E-state index >= 15 is 0 Å². The van der Waals surface area contributed by atoms with Gasteiger partial charge in [0, 0.05) is 19.6 Å². The molecule has 1 aliphatic heterocycles. The quantitative estimate of drug-likeness (QED) is 0.0468. The fourth-order valence-corrected chi connectivity index (χ4v) is 8.61. The maximum Gasteiger partial charge on any atom is 0.315 e. The molecule has 15 heteroatoms. The zero-order valence-electron chi connectivity index (χ0n) is 34.2. The number of amides is 5. The summed E-state index contributed by atoms with van der Waals surface area (Å²) in [6.45, 7) is 15.7. The summed E-state index contributed by atoms with van der Waals surface area (Å²) in [4.78, 5) is 71.0. The summed E-state index contributed by atoms with van der Waals surface area (Å²) >= 11 is -2.63. The van der Waals surface area contributed by atoms with Crippen LogP contribution in [0.5, 0.6) is 0 Å². The molecule has 1 saturated heterocycles. The molecule has 2 saturated carbocycles. The van der Waals surface area contributed by atoms with Crippen molar-refractivity contribution in [3.05, 3.63) is 0 Å². The number of urea groups is 1. The predicted molar refractivity (Wildman–Crippen MR) is 213 cm³/mol. The fourth-order valence-electron chi connectivity index (χ4n) is 7.99. The van der Waals surface area contributed by atoms with Crippen molar-refractivity contribution in [1.29, 1.82) is 0 Å². The number of nitrogens with zero attached hydrogens (tertiary/aromatic N) is 2. The largest absolute Gasteiger partial charge is 0.349 e. The van der Waals surface area contributed by atoms with Gasteiger partial charge in [0.1, 0.15) is 12.1 Å². The van der Waals surface area contributed by atoms with Gasteiger partial charge in [-0.3, -0.25) is 19.2 Å². The molecule has 3 fully saturated rings. The number of hydrogen-bond donors (Lipinski definition) is 6. The molecule has 0 aromatic carbocycles. The lowest BCUT2D eigenvalue weighted by molar-refractivity contribution is -0.144. The normalized spacial score (nSPS) is 22.0. The molecular weight excluding hydrogens is 711 g/mol. The Hall–Kier alpha value is -2.62. The van der Waals surface area contributed by atoms with E-state index in [1.54, 1.807) is 4.90 Å². The molecule has 310 valence electrons. The van der Waals surface area contributed by atoms with Crippen LogP contribution in [-0.4, -0.2) is 107 Å². The lowest BCUT2D eigenvalue weighted by Gasteiger charge is -2.37. The Morgan fingerprint density at radius 2 is 1.57 bits per heavy atom.